The van der Waals surface area contributed by atoms with E-state index < -0.39 is 7.60 Å². The molecule has 1 aliphatic rings. The number of nitrogens with two attached hydrogens (primary N) is 1. The number of hydrogen-bond donors (Lipinski definition) is 3. The highest BCUT2D eigenvalue weighted by molar-refractivity contribution is 7.50. The van der Waals surface area contributed by atoms with E-state index in [9.17, 15) is 4.57 Å². The number of nitrogens with zero attached hydrogens (tertiary/aromatic N) is 1. The van der Waals surface area contributed by atoms with Gasteiger partial charge in [0.1, 0.15) is 0 Å². The van der Waals surface area contributed by atoms with Crippen LogP contribution >= 0.6 is 7.60 Å². The second-order valence-corrected chi connectivity index (χ2v) is 7.61. The van der Waals surface area contributed by atoms with Gasteiger partial charge < -0.3 is 15.5 Å². The molecule has 0 spiro atoms. The van der Waals surface area contributed by atoms with Crippen LogP contribution in [0.1, 0.15) is 30.4 Å². The number of rotatable bonds is 9. The maximum absolute atomic E-state index is 11.0. The van der Waals surface area contributed by atoms with Gasteiger partial charge >= 0.3 is 7.60 Å². The molecule has 0 heterocycles. The second-order valence-electron chi connectivity index (χ2n) is 5.96. The first-order chi connectivity index (χ1) is 9.96. The van der Waals surface area contributed by atoms with Crippen LogP contribution in [-0.4, -0.2) is 34.3 Å². The molecule has 118 valence electrons. The summed E-state index contributed by atoms with van der Waals surface area (Å²) >= 11 is 0. The summed E-state index contributed by atoms with van der Waals surface area (Å²) in [6.45, 7) is 3.73. The third-order valence-electron chi connectivity index (χ3n) is 3.71. The molecule has 0 bridgehead atoms. The quantitative estimate of drug-likeness (QED) is 0.607. The van der Waals surface area contributed by atoms with Crippen molar-refractivity contribution >= 4 is 7.60 Å². The van der Waals surface area contributed by atoms with Gasteiger partial charge in [-0.25, -0.2) is 0 Å². The Morgan fingerprint density at radius 3 is 2.33 bits per heavy atom. The average Bonchev–Trinajstić information content (AvgIpc) is 3.20. The molecule has 1 aromatic rings. The van der Waals surface area contributed by atoms with Crippen molar-refractivity contribution in [2.45, 2.75) is 32.0 Å². The van der Waals surface area contributed by atoms with Crippen molar-refractivity contribution in [2.24, 2.45) is 11.7 Å². The van der Waals surface area contributed by atoms with E-state index in [1.807, 2.05) is 24.3 Å². The van der Waals surface area contributed by atoms with Crippen molar-refractivity contribution in [3.63, 3.8) is 0 Å². The first kappa shape index (κ1) is 16.7. The maximum Gasteiger partial charge on any atom is 0.329 e. The number of benzene rings is 1. The molecule has 0 radical (unpaired) electrons. The van der Waals surface area contributed by atoms with Crippen molar-refractivity contribution in [1.29, 1.82) is 0 Å². The lowest BCUT2D eigenvalue weighted by Crippen LogP contribution is -2.28. The number of hydrogen-bond acceptors (Lipinski definition) is 3. The lowest BCUT2D eigenvalue weighted by Gasteiger charge is -2.22. The molecule has 0 amide bonds. The van der Waals surface area contributed by atoms with Gasteiger partial charge in [-0.1, -0.05) is 24.3 Å². The first-order valence-electron chi connectivity index (χ1n) is 7.51. The summed E-state index contributed by atoms with van der Waals surface area (Å²) in [7, 11) is -3.98. The minimum atomic E-state index is -3.98. The third kappa shape index (κ3) is 6.72. The van der Waals surface area contributed by atoms with Gasteiger partial charge in [0.2, 0.25) is 0 Å². The molecular weight excluding hydrogens is 287 g/mol. The molecule has 1 aromatic carbocycles. The predicted octanol–water partition coefficient (Wildman–Crippen LogP) is 1.93. The first-order valence-corrected chi connectivity index (χ1v) is 9.31. The summed E-state index contributed by atoms with van der Waals surface area (Å²) in [6.07, 6.45) is 3.48. The molecule has 1 fully saturated rings. The minimum absolute atomic E-state index is 0.188. The molecule has 0 atom stereocenters. The standard InChI is InChI=1S/C15H25N2O3P/c16-8-1-9-17(10-13-2-3-13)11-14-4-6-15(7-5-14)12-21(18,19)20/h4-7,13H,1-3,8-12,16H2,(H2,18,19,20). The Bertz CT molecular complexity index is 482. The van der Waals surface area contributed by atoms with Crippen molar-refractivity contribution in [3.05, 3.63) is 35.4 Å². The summed E-state index contributed by atoms with van der Waals surface area (Å²) in [5.41, 5.74) is 7.46. The zero-order valence-electron chi connectivity index (χ0n) is 12.3. The van der Waals surface area contributed by atoms with Crippen LogP contribution in [0.4, 0.5) is 0 Å². The molecule has 5 nitrogen and oxygen atoms in total. The Kier molecular flexibility index (Phi) is 5.97. The van der Waals surface area contributed by atoms with E-state index in [1.54, 1.807) is 0 Å². The highest BCUT2D eigenvalue weighted by Crippen LogP contribution is 2.39. The summed E-state index contributed by atoms with van der Waals surface area (Å²) in [4.78, 5) is 20.4. The zero-order valence-corrected chi connectivity index (χ0v) is 13.2. The van der Waals surface area contributed by atoms with Crippen LogP contribution in [0, 0.1) is 5.92 Å². The van der Waals surface area contributed by atoms with Gasteiger partial charge in [-0.2, -0.15) is 0 Å². The molecule has 0 unspecified atom stereocenters. The summed E-state index contributed by atoms with van der Waals surface area (Å²) in [6, 6.07) is 7.56. The van der Waals surface area contributed by atoms with Crippen LogP contribution in [0.15, 0.2) is 24.3 Å². The molecule has 1 aliphatic carbocycles. The maximum atomic E-state index is 11.0. The molecule has 0 aromatic heterocycles. The Morgan fingerprint density at radius 1 is 1.19 bits per heavy atom. The fraction of sp³-hybridized carbons (Fsp3) is 0.600. The van der Waals surface area contributed by atoms with E-state index in [-0.39, 0.29) is 6.16 Å². The smallest absolute Gasteiger partial charge is 0.329 e. The molecule has 6 heteroatoms. The van der Waals surface area contributed by atoms with Gasteiger partial charge in [0.05, 0.1) is 6.16 Å². The molecule has 0 saturated heterocycles. The lowest BCUT2D eigenvalue weighted by atomic mass is 10.1. The molecule has 4 N–H and O–H groups in total. The van der Waals surface area contributed by atoms with Crippen LogP contribution in [0.5, 0.6) is 0 Å². The Labute approximate surface area is 126 Å². The predicted molar refractivity (Wildman–Crippen MR) is 83.9 cm³/mol. The van der Waals surface area contributed by atoms with Gasteiger partial charge in [-0.3, -0.25) is 9.46 Å². The van der Waals surface area contributed by atoms with Crippen LogP contribution < -0.4 is 5.73 Å². The Balaban J connectivity index is 1.91. The van der Waals surface area contributed by atoms with Crippen molar-refractivity contribution in [3.8, 4) is 0 Å². The fourth-order valence-electron chi connectivity index (χ4n) is 2.46. The Morgan fingerprint density at radius 2 is 1.81 bits per heavy atom. The van der Waals surface area contributed by atoms with E-state index in [0.29, 0.717) is 12.1 Å². The molecule has 1 saturated carbocycles. The average molecular weight is 312 g/mol. The summed E-state index contributed by atoms with van der Waals surface area (Å²) in [5, 5.41) is 0. The Hall–Kier alpha value is -0.710. The molecule has 0 aliphatic heterocycles. The van der Waals surface area contributed by atoms with E-state index in [4.69, 9.17) is 15.5 Å². The normalized spacial score (nSPS) is 15.6. The fourth-order valence-corrected chi connectivity index (χ4v) is 3.15. The third-order valence-corrected chi connectivity index (χ3v) is 4.49. The lowest BCUT2D eigenvalue weighted by molar-refractivity contribution is 0.253. The van der Waals surface area contributed by atoms with Crippen LogP contribution in [-0.2, 0) is 17.3 Å². The van der Waals surface area contributed by atoms with Gasteiger partial charge in [0, 0.05) is 13.1 Å². The largest absolute Gasteiger partial charge is 0.330 e. The van der Waals surface area contributed by atoms with Gasteiger partial charge in [-0.05, 0) is 49.4 Å². The van der Waals surface area contributed by atoms with E-state index in [0.717, 1.165) is 32.0 Å². The molecule has 2 rings (SSSR count). The highest BCUT2D eigenvalue weighted by Gasteiger charge is 2.24. The van der Waals surface area contributed by atoms with Crippen molar-refractivity contribution < 1.29 is 14.4 Å². The van der Waals surface area contributed by atoms with Crippen molar-refractivity contribution in [1.82, 2.24) is 4.90 Å². The van der Waals surface area contributed by atoms with E-state index >= 15 is 0 Å². The van der Waals surface area contributed by atoms with E-state index in [2.05, 4.69) is 4.90 Å². The SMILES string of the molecule is NCCCN(Cc1ccc(CP(=O)(O)O)cc1)CC1CC1. The van der Waals surface area contributed by atoms with Gasteiger partial charge in [0.15, 0.2) is 0 Å². The minimum Gasteiger partial charge on any atom is -0.330 e. The van der Waals surface area contributed by atoms with Gasteiger partial charge in [-0.15, -0.1) is 0 Å². The topological polar surface area (TPSA) is 86.8 Å². The molecular formula is C15H25N2O3P. The summed E-state index contributed by atoms with van der Waals surface area (Å²) in [5.74, 6) is 0.844. The van der Waals surface area contributed by atoms with Crippen LogP contribution in [0.2, 0.25) is 0 Å². The van der Waals surface area contributed by atoms with Crippen LogP contribution in [0.25, 0.3) is 0 Å². The second kappa shape index (κ2) is 7.52. The molecule has 21 heavy (non-hydrogen) atoms. The van der Waals surface area contributed by atoms with Crippen LogP contribution in [0.3, 0.4) is 0 Å². The zero-order chi connectivity index (χ0) is 15.3. The summed E-state index contributed by atoms with van der Waals surface area (Å²) < 4.78 is 11.0. The highest BCUT2D eigenvalue weighted by atomic mass is 31.2. The van der Waals surface area contributed by atoms with Gasteiger partial charge in [0.25, 0.3) is 0 Å². The monoisotopic (exact) mass is 312 g/mol. The van der Waals surface area contributed by atoms with E-state index in [1.165, 1.54) is 18.4 Å². The van der Waals surface area contributed by atoms with Crippen molar-refractivity contribution in [2.75, 3.05) is 19.6 Å².